The first-order chi connectivity index (χ1) is 13.3. The number of hydrogen-bond acceptors (Lipinski definition) is 9. The second-order valence-electron chi connectivity index (χ2n) is 6.95. The quantitative estimate of drug-likeness (QED) is 0.312. The first-order valence-electron chi connectivity index (χ1n) is 9.09. The van der Waals surface area contributed by atoms with E-state index < -0.39 is 41.4 Å². The van der Waals surface area contributed by atoms with Crippen LogP contribution in [0.15, 0.2) is 11.6 Å². The SMILES string of the molecule is COC(=O)C1(C(=O)OC)CCC/C(CO)=C\C[C@@H]2C(=O)CO[C@H](OC(C)=O)[C@H]21. The third-order valence-electron chi connectivity index (χ3n) is 5.41. The van der Waals surface area contributed by atoms with Gasteiger partial charge in [0, 0.05) is 12.8 Å². The van der Waals surface area contributed by atoms with Gasteiger partial charge in [-0.25, -0.2) is 0 Å². The fraction of sp³-hybridized carbons (Fsp3) is 0.684. The average Bonchev–Trinajstić information content (AvgIpc) is 2.76. The molecule has 0 aromatic rings. The van der Waals surface area contributed by atoms with E-state index in [2.05, 4.69) is 0 Å². The zero-order chi connectivity index (χ0) is 20.9. The highest BCUT2D eigenvalue weighted by atomic mass is 16.7. The van der Waals surface area contributed by atoms with Crippen molar-refractivity contribution in [1.82, 2.24) is 0 Å². The van der Waals surface area contributed by atoms with Gasteiger partial charge in [-0.05, 0) is 31.3 Å². The summed E-state index contributed by atoms with van der Waals surface area (Å²) < 4.78 is 20.5. The van der Waals surface area contributed by atoms with Crippen molar-refractivity contribution in [2.45, 2.75) is 38.9 Å². The van der Waals surface area contributed by atoms with Crippen molar-refractivity contribution in [3.8, 4) is 0 Å². The maximum absolute atomic E-state index is 12.9. The third-order valence-corrected chi connectivity index (χ3v) is 5.41. The summed E-state index contributed by atoms with van der Waals surface area (Å²) in [7, 11) is 2.27. The van der Waals surface area contributed by atoms with Gasteiger partial charge in [0.05, 0.1) is 26.7 Å². The molecule has 28 heavy (non-hydrogen) atoms. The van der Waals surface area contributed by atoms with Crippen molar-refractivity contribution in [2.24, 2.45) is 17.3 Å². The van der Waals surface area contributed by atoms with Crippen LogP contribution in [-0.2, 0) is 38.1 Å². The number of allylic oxidation sites excluding steroid dienone is 1. The molecule has 0 aromatic heterocycles. The number of hydrogen-bond donors (Lipinski definition) is 1. The van der Waals surface area contributed by atoms with Gasteiger partial charge in [-0.1, -0.05) is 6.08 Å². The van der Waals surface area contributed by atoms with Crippen molar-refractivity contribution >= 4 is 23.7 Å². The number of aliphatic hydroxyl groups excluding tert-OH is 1. The Kier molecular flexibility index (Phi) is 7.31. The number of Topliss-reactive ketones (excluding diaryl/α,β-unsaturated/α-hetero) is 1. The second-order valence-corrected chi connectivity index (χ2v) is 6.95. The number of carbonyl (C=O) groups excluding carboxylic acids is 4. The molecule has 1 fully saturated rings. The van der Waals surface area contributed by atoms with E-state index in [9.17, 15) is 24.3 Å². The molecule has 1 aliphatic carbocycles. The minimum absolute atomic E-state index is 0.0146. The predicted molar refractivity (Wildman–Crippen MR) is 93.6 cm³/mol. The molecule has 0 radical (unpaired) electrons. The normalized spacial score (nSPS) is 29.1. The van der Waals surface area contributed by atoms with E-state index in [1.807, 2.05) is 0 Å². The molecule has 0 unspecified atom stereocenters. The van der Waals surface area contributed by atoms with Gasteiger partial charge in [0.25, 0.3) is 0 Å². The lowest BCUT2D eigenvalue weighted by Crippen LogP contribution is -2.59. The Hall–Kier alpha value is -2.26. The molecular formula is C19H26O9. The van der Waals surface area contributed by atoms with E-state index >= 15 is 0 Å². The monoisotopic (exact) mass is 398 g/mol. The van der Waals surface area contributed by atoms with Gasteiger partial charge in [-0.15, -0.1) is 0 Å². The molecule has 0 bridgehead atoms. The molecule has 0 saturated carbocycles. The Morgan fingerprint density at radius 1 is 1.25 bits per heavy atom. The van der Waals surface area contributed by atoms with Gasteiger partial charge in [0.1, 0.15) is 6.61 Å². The zero-order valence-corrected chi connectivity index (χ0v) is 16.3. The van der Waals surface area contributed by atoms with Crippen LogP contribution in [0.4, 0.5) is 0 Å². The second kappa shape index (κ2) is 9.29. The van der Waals surface area contributed by atoms with Crippen LogP contribution in [0.2, 0.25) is 0 Å². The van der Waals surface area contributed by atoms with E-state index in [1.54, 1.807) is 6.08 Å². The molecule has 3 atom stereocenters. The van der Waals surface area contributed by atoms with E-state index in [1.165, 1.54) is 6.92 Å². The number of rotatable bonds is 4. The highest BCUT2D eigenvalue weighted by Gasteiger charge is 2.62. The van der Waals surface area contributed by atoms with Crippen LogP contribution in [0.5, 0.6) is 0 Å². The summed E-state index contributed by atoms with van der Waals surface area (Å²) >= 11 is 0. The Morgan fingerprint density at radius 3 is 2.43 bits per heavy atom. The lowest BCUT2D eigenvalue weighted by Gasteiger charge is -2.44. The third kappa shape index (κ3) is 4.10. The molecule has 1 N–H and O–H groups in total. The Morgan fingerprint density at radius 2 is 1.89 bits per heavy atom. The van der Waals surface area contributed by atoms with Gasteiger partial charge >= 0.3 is 17.9 Å². The maximum atomic E-state index is 12.9. The highest BCUT2D eigenvalue weighted by molar-refractivity contribution is 6.01. The summed E-state index contributed by atoms with van der Waals surface area (Å²) in [5.41, 5.74) is -1.18. The van der Waals surface area contributed by atoms with Crippen LogP contribution in [0, 0.1) is 17.3 Å². The fourth-order valence-electron chi connectivity index (χ4n) is 4.11. The van der Waals surface area contributed by atoms with E-state index in [-0.39, 0.29) is 31.8 Å². The van der Waals surface area contributed by atoms with Gasteiger partial charge in [-0.2, -0.15) is 0 Å². The van der Waals surface area contributed by atoms with Gasteiger partial charge in [0.15, 0.2) is 11.2 Å². The Bertz CT molecular complexity index is 650. The number of carbonyl (C=O) groups is 4. The van der Waals surface area contributed by atoms with E-state index in [4.69, 9.17) is 18.9 Å². The molecule has 1 aliphatic heterocycles. The number of aliphatic hydroxyl groups is 1. The van der Waals surface area contributed by atoms with Crippen LogP contribution in [0.25, 0.3) is 0 Å². The summed E-state index contributed by atoms with van der Waals surface area (Å²) in [6, 6.07) is 0. The lowest BCUT2D eigenvalue weighted by atomic mass is 9.63. The summed E-state index contributed by atoms with van der Waals surface area (Å²) in [5.74, 6) is -4.73. The molecule has 2 rings (SSSR count). The van der Waals surface area contributed by atoms with Crippen LogP contribution >= 0.6 is 0 Å². The first kappa shape index (κ1) is 22.0. The number of ether oxygens (including phenoxy) is 4. The molecule has 2 aliphatic rings. The standard InChI is InChI=1S/C19H26O9/c1-11(21)28-16-15-13(14(22)10-27-16)7-6-12(9-20)5-4-8-19(15,17(23)25-2)18(24)26-3/h6,13,15-16,20H,4-5,7-10H2,1-3H3/b12-6+/t13-,15+,16-/m1/s1. The Balaban J connectivity index is 2.67. The largest absolute Gasteiger partial charge is 0.468 e. The highest BCUT2D eigenvalue weighted by Crippen LogP contribution is 2.48. The van der Waals surface area contributed by atoms with Crippen molar-refractivity contribution in [2.75, 3.05) is 27.4 Å². The molecule has 156 valence electrons. The van der Waals surface area contributed by atoms with Gasteiger partial charge < -0.3 is 24.1 Å². The fourth-order valence-corrected chi connectivity index (χ4v) is 4.11. The molecule has 9 nitrogen and oxygen atoms in total. The number of ketones is 1. The first-order valence-corrected chi connectivity index (χ1v) is 9.09. The van der Waals surface area contributed by atoms with Crippen LogP contribution in [-0.4, -0.2) is 62.5 Å². The maximum Gasteiger partial charge on any atom is 0.323 e. The van der Waals surface area contributed by atoms with Crippen molar-refractivity contribution < 1.29 is 43.2 Å². The summed E-state index contributed by atoms with van der Waals surface area (Å²) in [5, 5.41) is 9.54. The molecule has 0 aromatic carbocycles. The summed E-state index contributed by atoms with van der Waals surface area (Å²) in [4.78, 5) is 50.1. The summed E-state index contributed by atoms with van der Waals surface area (Å²) in [6.45, 7) is 0.657. The number of methoxy groups -OCH3 is 2. The molecule has 9 heteroatoms. The van der Waals surface area contributed by atoms with Crippen molar-refractivity contribution in [1.29, 1.82) is 0 Å². The van der Waals surface area contributed by atoms with Crippen molar-refractivity contribution in [3.05, 3.63) is 11.6 Å². The average molecular weight is 398 g/mol. The molecule has 1 heterocycles. The van der Waals surface area contributed by atoms with E-state index in [0.717, 1.165) is 14.2 Å². The van der Waals surface area contributed by atoms with Crippen LogP contribution < -0.4 is 0 Å². The van der Waals surface area contributed by atoms with Gasteiger partial charge in [-0.3, -0.25) is 19.2 Å². The molecular weight excluding hydrogens is 372 g/mol. The minimum Gasteiger partial charge on any atom is -0.468 e. The molecule has 0 spiro atoms. The van der Waals surface area contributed by atoms with Crippen molar-refractivity contribution in [3.63, 3.8) is 0 Å². The molecule has 1 saturated heterocycles. The predicted octanol–water partition coefficient (Wildman–Crippen LogP) is 0.532. The number of fused-ring (bicyclic) bond motifs is 1. The van der Waals surface area contributed by atoms with Crippen LogP contribution in [0.3, 0.4) is 0 Å². The van der Waals surface area contributed by atoms with Gasteiger partial charge in [0.2, 0.25) is 6.29 Å². The minimum atomic E-state index is -1.89. The topological polar surface area (TPSA) is 125 Å². The summed E-state index contributed by atoms with van der Waals surface area (Å²) in [6.07, 6.45) is 1.37. The Labute approximate surface area is 163 Å². The zero-order valence-electron chi connectivity index (χ0n) is 16.3. The van der Waals surface area contributed by atoms with E-state index in [0.29, 0.717) is 18.4 Å². The van der Waals surface area contributed by atoms with Crippen LogP contribution in [0.1, 0.15) is 32.6 Å². The smallest absolute Gasteiger partial charge is 0.323 e. The molecule has 0 amide bonds. The number of esters is 3. The lowest BCUT2D eigenvalue weighted by molar-refractivity contribution is -0.233.